The van der Waals surface area contributed by atoms with Gasteiger partial charge in [0, 0.05) is 5.56 Å². The average Bonchev–Trinajstić information content (AvgIpc) is 2.35. The van der Waals surface area contributed by atoms with E-state index >= 15 is 0 Å². The fourth-order valence-corrected chi connectivity index (χ4v) is 1.96. The highest BCUT2D eigenvalue weighted by atomic mass is 16.1. The summed E-state index contributed by atoms with van der Waals surface area (Å²) in [5.74, 6) is 0.122. The Morgan fingerprint density at radius 1 is 1.41 bits per heavy atom. The van der Waals surface area contributed by atoms with Gasteiger partial charge in [-0.15, -0.1) is 6.58 Å². The Bertz CT molecular complexity index is 453. The van der Waals surface area contributed by atoms with Gasteiger partial charge in [-0.05, 0) is 49.5 Å². The van der Waals surface area contributed by atoms with Crippen molar-refractivity contribution in [2.45, 2.75) is 33.6 Å². The van der Waals surface area contributed by atoms with E-state index in [1.807, 2.05) is 25.1 Å². The molecule has 90 valence electrons. The molecule has 1 rings (SSSR count). The third-order valence-electron chi connectivity index (χ3n) is 2.95. The Morgan fingerprint density at radius 3 is 2.59 bits per heavy atom. The maximum Gasteiger partial charge on any atom is 0.159 e. The minimum absolute atomic E-state index is 0.122. The van der Waals surface area contributed by atoms with Crippen molar-refractivity contribution in [2.24, 2.45) is 0 Å². The molecule has 1 aromatic rings. The summed E-state index contributed by atoms with van der Waals surface area (Å²) in [6, 6.07) is 5.96. The summed E-state index contributed by atoms with van der Waals surface area (Å²) in [5, 5.41) is 0. The van der Waals surface area contributed by atoms with Gasteiger partial charge in [-0.2, -0.15) is 0 Å². The summed E-state index contributed by atoms with van der Waals surface area (Å²) in [5.41, 5.74) is 4.53. The predicted molar refractivity (Wildman–Crippen MR) is 74.3 cm³/mol. The zero-order chi connectivity index (χ0) is 12.8. The Kier molecular flexibility index (Phi) is 4.89. The van der Waals surface area contributed by atoms with Crippen molar-refractivity contribution in [2.75, 3.05) is 0 Å². The molecule has 0 aliphatic heterocycles. The van der Waals surface area contributed by atoms with E-state index < -0.39 is 0 Å². The summed E-state index contributed by atoms with van der Waals surface area (Å²) in [7, 11) is 0. The highest BCUT2D eigenvalue weighted by Gasteiger charge is 2.08. The maximum absolute atomic E-state index is 11.4. The molecule has 0 saturated heterocycles. The van der Waals surface area contributed by atoms with Gasteiger partial charge in [0.25, 0.3) is 0 Å². The molecule has 0 atom stereocenters. The smallest absolute Gasteiger partial charge is 0.159 e. The summed E-state index contributed by atoms with van der Waals surface area (Å²) in [6.45, 7) is 9.54. The van der Waals surface area contributed by atoms with Crippen molar-refractivity contribution in [3.8, 4) is 0 Å². The van der Waals surface area contributed by atoms with Crippen LogP contribution < -0.4 is 0 Å². The largest absolute Gasteiger partial charge is 0.295 e. The van der Waals surface area contributed by atoms with Crippen molar-refractivity contribution in [3.05, 3.63) is 53.6 Å². The molecule has 0 unspecified atom stereocenters. The molecule has 1 aromatic carbocycles. The van der Waals surface area contributed by atoms with E-state index in [4.69, 9.17) is 0 Å². The standard InChI is InChI=1S/C16H20O/c1-5-8-13(6-2)16-10-9-15(12(4)17)11-14(16)7-3/h5-6,9-11H,1,7-8H2,2-4H3/b13-6+. The lowest BCUT2D eigenvalue weighted by Gasteiger charge is -2.11. The molecule has 0 fully saturated rings. The van der Waals surface area contributed by atoms with Crippen LogP contribution in [0.3, 0.4) is 0 Å². The Morgan fingerprint density at radius 2 is 2.12 bits per heavy atom. The number of hydrogen-bond donors (Lipinski definition) is 0. The Balaban J connectivity index is 3.25. The van der Waals surface area contributed by atoms with Crippen molar-refractivity contribution in [1.29, 1.82) is 0 Å². The molecule has 0 radical (unpaired) electrons. The van der Waals surface area contributed by atoms with Gasteiger partial charge in [0.1, 0.15) is 0 Å². The number of Topliss-reactive ketones (excluding diaryl/α,β-unsaturated/α-hetero) is 1. The fraction of sp³-hybridized carbons (Fsp3) is 0.312. The first-order valence-electron chi connectivity index (χ1n) is 6.04. The first-order valence-corrected chi connectivity index (χ1v) is 6.04. The molecule has 0 bridgehead atoms. The van der Waals surface area contributed by atoms with Crippen LogP contribution in [-0.2, 0) is 6.42 Å². The molecule has 0 amide bonds. The number of carbonyl (C=O) groups is 1. The second kappa shape index (κ2) is 6.19. The van der Waals surface area contributed by atoms with E-state index in [-0.39, 0.29) is 5.78 Å². The van der Waals surface area contributed by atoms with E-state index in [0.717, 1.165) is 18.4 Å². The molecule has 0 aliphatic rings. The van der Waals surface area contributed by atoms with Gasteiger partial charge in [0.05, 0.1) is 0 Å². The summed E-state index contributed by atoms with van der Waals surface area (Å²) in [4.78, 5) is 11.4. The van der Waals surface area contributed by atoms with Gasteiger partial charge in [-0.3, -0.25) is 4.79 Å². The lowest BCUT2D eigenvalue weighted by Crippen LogP contribution is -1.98. The molecule has 1 heteroatoms. The fourth-order valence-electron chi connectivity index (χ4n) is 1.96. The average molecular weight is 228 g/mol. The van der Waals surface area contributed by atoms with Crippen LogP contribution in [0.1, 0.15) is 48.7 Å². The quantitative estimate of drug-likeness (QED) is 0.538. The number of allylic oxidation sites excluding steroid dienone is 3. The molecular weight excluding hydrogens is 208 g/mol. The number of ketones is 1. The minimum Gasteiger partial charge on any atom is -0.295 e. The van der Waals surface area contributed by atoms with Gasteiger partial charge in [-0.1, -0.05) is 31.2 Å². The normalized spacial score (nSPS) is 11.4. The van der Waals surface area contributed by atoms with Gasteiger partial charge in [0.15, 0.2) is 5.78 Å². The van der Waals surface area contributed by atoms with E-state index in [1.165, 1.54) is 16.7 Å². The molecule has 0 aromatic heterocycles. The van der Waals surface area contributed by atoms with Crippen molar-refractivity contribution in [1.82, 2.24) is 0 Å². The third kappa shape index (κ3) is 3.16. The van der Waals surface area contributed by atoms with Crippen LogP contribution >= 0.6 is 0 Å². The van der Waals surface area contributed by atoms with Crippen LogP contribution in [-0.4, -0.2) is 5.78 Å². The Hall–Kier alpha value is -1.63. The highest BCUT2D eigenvalue weighted by Crippen LogP contribution is 2.24. The predicted octanol–water partition coefficient (Wildman–Crippen LogP) is 4.43. The van der Waals surface area contributed by atoms with Crippen LogP contribution in [0.5, 0.6) is 0 Å². The zero-order valence-electron chi connectivity index (χ0n) is 10.9. The molecule has 17 heavy (non-hydrogen) atoms. The van der Waals surface area contributed by atoms with Crippen LogP contribution in [0.2, 0.25) is 0 Å². The van der Waals surface area contributed by atoms with Crippen molar-refractivity contribution in [3.63, 3.8) is 0 Å². The molecule has 0 N–H and O–H groups in total. The van der Waals surface area contributed by atoms with Crippen molar-refractivity contribution >= 4 is 11.4 Å². The molecule has 0 heterocycles. The lowest BCUT2D eigenvalue weighted by molar-refractivity contribution is 0.101. The van der Waals surface area contributed by atoms with E-state index in [2.05, 4.69) is 25.6 Å². The van der Waals surface area contributed by atoms with E-state index in [1.54, 1.807) is 6.92 Å². The van der Waals surface area contributed by atoms with Crippen LogP contribution in [0, 0.1) is 0 Å². The molecule has 1 nitrogen and oxygen atoms in total. The van der Waals surface area contributed by atoms with Crippen LogP contribution in [0.25, 0.3) is 5.57 Å². The summed E-state index contributed by atoms with van der Waals surface area (Å²) >= 11 is 0. The summed E-state index contributed by atoms with van der Waals surface area (Å²) < 4.78 is 0. The number of hydrogen-bond acceptors (Lipinski definition) is 1. The molecule has 0 aliphatic carbocycles. The number of rotatable bonds is 5. The van der Waals surface area contributed by atoms with Gasteiger partial charge in [-0.25, -0.2) is 0 Å². The van der Waals surface area contributed by atoms with Crippen LogP contribution in [0.4, 0.5) is 0 Å². The maximum atomic E-state index is 11.4. The number of benzene rings is 1. The molecule has 0 saturated carbocycles. The monoisotopic (exact) mass is 228 g/mol. The molecule has 0 spiro atoms. The Labute approximate surface area is 104 Å². The third-order valence-corrected chi connectivity index (χ3v) is 2.95. The minimum atomic E-state index is 0.122. The topological polar surface area (TPSA) is 17.1 Å². The van der Waals surface area contributed by atoms with E-state index in [0.29, 0.717) is 0 Å². The first-order chi connectivity index (χ1) is 8.13. The lowest BCUT2D eigenvalue weighted by atomic mass is 9.93. The second-order valence-corrected chi connectivity index (χ2v) is 4.09. The first kappa shape index (κ1) is 13.4. The highest BCUT2D eigenvalue weighted by molar-refractivity contribution is 5.94. The zero-order valence-corrected chi connectivity index (χ0v) is 10.9. The van der Waals surface area contributed by atoms with Gasteiger partial charge < -0.3 is 0 Å². The second-order valence-electron chi connectivity index (χ2n) is 4.09. The van der Waals surface area contributed by atoms with Gasteiger partial charge in [0.2, 0.25) is 0 Å². The van der Waals surface area contributed by atoms with Crippen molar-refractivity contribution < 1.29 is 4.79 Å². The SMILES string of the molecule is C=CC/C(=C\C)c1ccc(C(C)=O)cc1CC. The van der Waals surface area contributed by atoms with Crippen LogP contribution in [0.15, 0.2) is 36.9 Å². The number of aryl methyl sites for hydroxylation is 1. The molecular formula is C16H20O. The van der Waals surface area contributed by atoms with E-state index in [9.17, 15) is 4.79 Å². The van der Waals surface area contributed by atoms with Gasteiger partial charge >= 0.3 is 0 Å². The number of carbonyl (C=O) groups excluding carboxylic acids is 1. The summed E-state index contributed by atoms with van der Waals surface area (Å²) in [6.07, 6.45) is 5.82.